The van der Waals surface area contributed by atoms with E-state index in [9.17, 15) is 9.18 Å². The standard InChI is InChI=1S/C16H23ClFN3O2/c1-11(2)9-21-6-7-23-12(10-21)8-19-16(22)20-14-5-3-4-13(17)15(14)18/h3-5,11-12H,6-10H2,1-2H3,(H2,19,20,22). The molecule has 128 valence electrons. The van der Waals surface area contributed by atoms with Gasteiger partial charge in [0.2, 0.25) is 0 Å². The monoisotopic (exact) mass is 343 g/mol. The summed E-state index contributed by atoms with van der Waals surface area (Å²) in [5.74, 6) is -0.0443. The summed E-state index contributed by atoms with van der Waals surface area (Å²) in [5.41, 5.74) is 0.0565. The fourth-order valence-corrected chi connectivity index (χ4v) is 2.73. The molecule has 0 radical (unpaired) electrons. The lowest BCUT2D eigenvalue weighted by molar-refractivity contribution is -0.0288. The van der Waals surface area contributed by atoms with E-state index in [1.54, 1.807) is 6.07 Å². The molecule has 5 nitrogen and oxygen atoms in total. The molecule has 1 aromatic carbocycles. The van der Waals surface area contributed by atoms with Crippen LogP contribution in [0.2, 0.25) is 5.02 Å². The van der Waals surface area contributed by atoms with Crippen LogP contribution in [0, 0.1) is 11.7 Å². The topological polar surface area (TPSA) is 53.6 Å². The van der Waals surface area contributed by atoms with Crippen molar-refractivity contribution in [2.24, 2.45) is 5.92 Å². The molecule has 0 aliphatic carbocycles. The SMILES string of the molecule is CC(C)CN1CCOC(CNC(=O)Nc2cccc(Cl)c2F)C1. The maximum atomic E-state index is 13.7. The summed E-state index contributed by atoms with van der Waals surface area (Å²) in [6, 6.07) is 3.99. The van der Waals surface area contributed by atoms with Crippen molar-refractivity contribution >= 4 is 23.3 Å². The number of hydrogen-bond donors (Lipinski definition) is 2. The summed E-state index contributed by atoms with van der Waals surface area (Å²) >= 11 is 5.68. The van der Waals surface area contributed by atoms with Gasteiger partial charge in [-0.25, -0.2) is 9.18 Å². The highest BCUT2D eigenvalue weighted by molar-refractivity contribution is 6.31. The van der Waals surface area contributed by atoms with Gasteiger partial charge >= 0.3 is 6.03 Å². The molecule has 1 atom stereocenters. The molecule has 7 heteroatoms. The molecule has 1 saturated heterocycles. The first kappa shape index (κ1) is 18.0. The van der Waals surface area contributed by atoms with Crippen LogP contribution in [0.4, 0.5) is 14.9 Å². The van der Waals surface area contributed by atoms with Crippen LogP contribution in [0.25, 0.3) is 0 Å². The van der Waals surface area contributed by atoms with E-state index in [4.69, 9.17) is 16.3 Å². The van der Waals surface area contributed by atoms with Gasteiger partial charge in [0.25, 0.3) is 0 Å². The summed E-state index contributed by atoms with van der Waals surface area (Å²) in [6.07, 6.45) is -0.0579. The van der Waals surface area contributed by atoms with Crippen LogP contribution >= 0.6 is 11.6 Å². The van der Waals surface area contributed by atoms with Crippen molar-refractivity contribution in [1.82, 2.24) is 10.2 Å². The summed E-state index contributed by atoms with van der Waals surface area (Å²) in [5, 5.41) is 5.14. The highest BCUT2D eigenvalue weighted by Gasteiger charge is 2.21. The molecule has 1 heterocycles. The van der Waals surface area contributed by atoms with Crippen molar-refractivity contribution in [3.63, 3.8) is 0 Å². The Bertz CT molecular complexity index is 542. The molecule has 2 N–H and O–H groups in total. The second kappa shape index (κ2) is 8.47. The number of nitrogens with one attached hydrogen (secondary N) is 2. The number of nitrogens with zero attached hydrogens (tertiary/aromatic N) is 1. The summed E-state index contributed by atoms with van der Waals surface area (Å²) in [4.78, 5) is 14.2. The van der Waals surface area contributed by atoms with E-state index in [0.717, 1.165) is 19.6 Å². The van der Waals surface area contributed by atoms with E-state index < -0.39 is 11.8 Å². The largest absolute Gasteiger partial charge is 0.374 e. The molecule has 0 bridgehead atoms. The lowest BCUT2D eigenvalue weighted by Crippen LogP contribution is -2.48. The van der Waals surface area contributed by atoms with Crippen molar-refractivity contribution in [3.05, 3.63) is 29.0 Å². The van der Waals surface area contributed by atoms with E-state index in [1.165, 1.54) is 12.1 Å². The zero-order chi connectivity index (χ0) is 16.8. The lowest BCUT2D eigenvalue weighted by atomic mass is 10.2. The molecule has 1 aromatic rings. The van der Waals surface area contributed by atoms with Gasteiger partial charge in [0.05, 0.1) is 23.4 Å². The second-order valence-corrected chi connectivity index (χ2v) is 6.49. The predicted octanol–water partition coefficient (Wildman–Crippen LogP) is 2.96. The maximum absolute atomic E-state index is 13.7. The Hall–Kier alpha value is -1.37. The highest BCUT2D eigenvalue weighted by atomic mass is 35.5. The Kier molecular flexibility index (Phi) is 6.62. The first-order chi connectivity index (χ1) is 11.0. The van der Waals surface area contributed by atoms with Gasteiger partial charge in [-0.05, 0) is 18.1 Å². The maximum Gasteiger partial charge on any atom is 0.319 e. The zero-order valence-electron chi connectivity index (χ0n) is 13.4. The minimum Gasteiger partial charge on any atom is -0.374 e. The number of morpholine rings is 1. The molecule has 2 amide bonds. The number of benzene rings is 1. The molecular formula is C16H23ClFN3O2. The molecule has 0 saturated carbocycles. The number of carbonyl (C=O) groups excluding carboxylic acids is 1. The molecule has 1 aliphatic heterocycles. The Morgan fingerprint density at radius 1 is 1.52 bits per heavy atom. The van der Waals surface area contributed by atoms with E-state index in [1.807, 2.05) is 0 Å². The van der Waals surface area contributed by atoms with Crippen molar-refractivity contribution in [2.45, 2.75) is 20.0 Å². The van der Waals surface area contributed by atoms with Gasteiger partial charge in [-0.15, -0.1) is 0 Å². The smallest absolute Gasteiger partial charge is 0.319 e. The van der Waals surface area contributed by atoms with Crippen molar-refractivity contribution < 1.29 is 13.9 Å². The molecule has 1 fully saturated rings. The molecular weight excluding hydrogens is 321 g/mol. The Labute approximate surface area is 141 Å². The van der Waals surface area contributed by atoms with Gasteiger partial charge in [0.1, 0.15) is 0 Å². The lowest BCUT2D eigenvalue weighted by Gasteiger charge is -2.33. The first-order valence-electron chi connectivity index (χ1n) is 7.78. The number of halogens is 2. The summed E-state index contributed by atoms with van der Waals surface area (Å²) in [6.45, 7) is 8.09. The number of amides is 2. The van der Waals surface area contributed by atoms with Crippen LogP contribution in [0.5, 0.6) is 0 Å². The van der Waals surface area contributed by atoms with E-state index in [2.05, 4.69) is 29.4 Å². The molecule has 2 rings (SSSR count). The van der Waals surface area contributed by atoms with Crippen LogP contribution in [0.3, 0.4) is 0 Å². The quantitative estimate of drug-likeness (QED) is 0.864. The fourth-order valence-electron chi connectivity index (χ4n) is 2.56. The average Bonchev–Trinajstić information content (AvgIpc) is 2.50. The molecule has 0 aromatic heterocycles. The number of urea groups is 1. The summed E-state index contributed by atoms with van der Waals surface area (Å²) < 4.78 is 19.4. The van der Waals surface area contributed by atoms with Crippen LogP contribution in [0.15, 0.2) is 18.2 Å². The van der Waals surface area contributed by atoms with Crippen LogP contribution in [-0.4, -0.2) is 49.8 Å². The Morgan fingerprint density at radius 2 is 2.30 bits per heavy atom. The van der Waals surface area contributed by atoms with E-state index >= 15 is 0 Å². The number of hydrogen-bond acceptors (Lipinski definition) is 3. The number of carbonyl (C=O) groups is 1. The van der Waals surface area contributed by atoms with Crippen molar-refractivity contribution in [1.29, 1.82) is 0 Å². The van der Waals surface area contributed by atoms with E-state index in [0.29, 0.717) is 19.1 Å². The van der Waals surface area contributed by atoms with Gasteiger partial charge in [-0.3, -0.25) is 4.90 Å². The van der Waals surface area contributed by atoms with Crippen LogP contribution < -0.4 is 10.6 Å². The van der Waals surface area contributed by atoms with Gasteiger partial charge < -0.3 is 15.4 Å². The third-order valence-corrected chi connectivity index (χ3v) is 3.83. The predicted molar refractivity (Wildman–Crippen MR) is 89.4 cm³/mol. The molecule has 23 heavy (non-hydrogen) atoms. The fraction of sp³-hybridized carbons (Fsp3) is 0.562. The third-order valence-electron chi connectivity index (χ3n) is 3.54. The minimum absolute atomic E-state index is 0.0252. The van der Waals surface area contributed by atoms with Gasteiger partial charge in [-0.1, -0.05) is 31.5 Å². The Balaban J connectivity index is 1.79. The van der Waals surface area contributed by atoms with Gasteiger partial charge in [-0.2, -0.15) is 0 Å². The van der Waals surface area contributed by atoms with Gasteiger partial charge in [0, 0.05) is 26.2 Å². The van der Waals surface area contributed by atoms with Crippen LogP contribution in [-0.2, 0) is 4.74 Å². The van der Waals surface area contributed by atoms with Crippen molar-refractivity contribution in [2.75, 3.05) is 38.1 Å². The average molecular weight is 344 g/mol. The third kappa shape index (κ3) is 5.64. The first-order valence-corrected chi connectivity index (χ1v) is 8.16. The van der Waals surface area contributed by atoms with Crippen molar-refractivity contribution in [3.8, 4) is 0 Å². The number of anilines is 1. The molecule has 1 aliphatic rings. The number of ether oxygens (including phenoxy) is 1. The zero-order valence-corrected chi connectivity index (χ0v) is 14.2. The molecule has 1 unspecified atom stereocenters. The second-order valence-electron chi connectivity index (χ2n) is 6.08. The normalized spacial score (nSPS) is 18.9. The van der Waals surface area contributed by atoms with E-state index in [-0.39, 0.29) is 16.8 Å². The van der Waals surface area contributed by atoms with Crippen LogP contribution in [0.1, 0.15) is 13.8 Å². The minimum atomic E-state index is -0.638. The van der Waals surface area contributed by atoms with Gasteiger partial charge in [0.15, 0.2) is 5.82 Å². The summed E-state index contributed by atoms with van der Waals surface area (Å²) in [7, 11) is 0. The number of rotatable bonds is 5. The highest BCUT2D eigenvalue weighted by Crippen LogP contribution is 2.21. The molecule has 0 spiro atoms. The Morgan fingerprint density at radius 3 is 3.04 bits per heavy atom.